The lowest BCUT2D eigenvalue weighted by Crippen LogP contribution is -2.60. The molecule has 7 heteroatoms. The van der Waals surface area contributed by atoms with E-state index in [-0.39, 0.29) is 24.3 Å². The maximum Gasteiger partial charge on any atom is 0.256 e. The highest BCUT2D eigenvalue weighted by Gasteiger charge is 2.54. The molecule has 1 spiro atoms. The smallest absolute Gasteiger partial charge is 0.256 e. The molecule has 0 unspecified atom stereocenters. The summed E-state index contributed by atoms with van der Waals surface area (Å²) in [6.07, 6.45) is 1.47. The van der Waals surface area contributed by atoms with Gasteiger partial charge in [0, 0.05) is 44.5 Å². The molecule has 1 N–H and O–H groups in total. The molecule has 2 saturated heterocycles. The molecular formula is C23H33N3O4. The number of amides is 3. The highest BCUT2D eigenvalue weighted by molar-refractivity contribution is 5.98. The van der Waals surface area contributed by atoms with Crippen LogP contribution in [0.15, 0.2) is 24.3 Å². The SMILES string of the molecule is CCC(=O)N1CCC2(CC1)OC[C@@H](C(=O)NCC(C)C)N2C(=O)c1ccc(C)cc1. The number of carbonyl (C=O) groups is 3. The molecule has 3 rings (SSSR count). The van der Waals surface area contributed by atoms with Gasteiger partial charge in [0.2, 0.25) is 11.8 Å². The van der Waals surface area contributed by atoms with Crippen molar-refractivity contribution < 1.29 is 19.1 Å². The normalized spacial score (nSPS) is 20.6. The molecule has 3 amide bonds. The molecule has 0 bridgehead atoms. The van der Waals surface area contributed by atoms with Crippen LogP contribution in [0.25, 0.3) is 0 Å². The van der Waals surface area contributed by atoms with E-state index in [2.05, 4.69) is 5.32 Å². The first-order valence-electron chi connectivity index (χ1n) is 10.9. The van der Waals surface area contributed by atoms with E-state index in [0.717, 1.165) is 5.56 Å². The van der Waals surface area contributed by atoms with E-state index in [4.69, 9.17) is 4.74 Å². The fourth-order valence-corrected chi connectivity index (χ4v) is 4.15. The van der Waals surface area contributed by atoms with Gasteiger partial charge in [-0.2, -0.15) is 0 Å². The van der Waals surface area contributed by atoms with Crippen molar-refractivity contribution in [3.8, 4) is 0 Å². The van der Waals surface area contributed by atoms with Gasteiger partial charge in [0.15, 0.2) is 0 Å². The standard InChI is InChI=1S/C23H33N3O4/c1-5-20(27)25-12-10-23(11-13-25)26(22(29)18-8-6-17(4)7-9-18)19(15-30-23)21(28)24-14-16(2)3/h6-9,16,19H,5,10-15H2,1-4H3,(H,24,28)/t19-/m0/s1. The van der Waals surface area contributed by atoms with Crippen LogP contribution in [0.1, 0.15) is 56.0 Å². The number of likely N-dealkylation sites (tertiary alicyclic amines) is 1. The van der Waals surface area contributed by atoms with E-state index in [1.54, 1.807) is 17.0 Å². The molecule has 2 heterocycles. The Morgan fingerprint density at radius 3 is 2.37 bits per heavy atom. The van der Waals surface area contributed by atoms with Gasteiger partial charge in [0.1, 0.15) is 11.8 Å². The van der Waals surface area contributed by atoms with Crippen LogP contribution in [-0.2, 0) is 14.3 Å². The summed E-state index contributed by atoms with van der Waals surface area (Å²) >= 11 is 0. The molecule has 1 atom stereocenters. The van der Waals surface area contributed by atoms with Gasteiger partial charge in [0.05, 0.1) is 6.61 Å². The van der Waals surface area contributed by atoms with Gasteiger partial charge >= 0.3 is 0 Å². The van der Waals surface area contributed by atoms with Crippen molar-refractivity contribution >= 4 is 17.7 Å². The van der Waals surface area contributed by atoms with Gasteiger partial charge in [-0.15, -0.1) is 0 Å². The van der Waals surface area contributed by atoms with Crippen molar-refractivity contribution in [2.75, 3.05) is 26.2 Å². The lowest BCUT2D eigenvalue weighted by molar-refractivity contribution is -0.143. The summed E-state index contributed by atoms with van der Waals surface area (Å²) in [7, 11) is 0. The lowest BCUT2D eigenvalue weighted by atomic mass is 9.96. The van der Waals surface area contributed by atoms with Crippen LogP contribution in [0.3, 0.4) is 0 Å². The van der Waals surface area contributed by atoms with Crippen LogP contribution in [0.5, 0.6) is 0 Å². The third-order valence-corrected chi connectivity index (χ3v) is 5.96. The van der Waals surface area contributed by atoms with Gasteiger partial charge < -0.3 is 15.0 Å². The summed E-state index contributed by atoms with van der Waals surface area (Å²) in [4.78, 5) is 42.0. The zero-order valence-electron chi connectivity index (χ0n) is 18.4. The van der Waals surface area contributed by atoms with Gasteiger partial charge in [0.25, 0.3) is 5.91 Å². The van der Waals surface area contributed by atoms with E-state index in [1.807, 2.05) is 44.7 Å². The predicted octanol–water partition coefficient (Wildman–Crippen LogP) is 2.34. The number of nitrogens with one attached hydrogen (secondary N) is 1. The highest BCUT2D eigenvalue weighted by Crippen LogP contribution is 2.38. The Morgan fingerprint density at radius 1 is 1.17 bits per heavy atom. The summed E-state index contributed by atoms with van der Waals surface area (Å²) in [5.41, 5.74) is 0.752. The zero-order chi connectivity index (χ0) is 21.9. The lowest BCUT2D eigenvalue weighted by Gasteiger charge is -2.44. The third-order valence-electron chi connectivity index (χ3n) is 5.96. The first-order chi connectivity index (χ1) is 14.3. The summed E-state index contributed by atoms with van der Waals surface area (Å²) in [5, 5.41) is 2.95. The molecule has 164 valence electrons. The topological polar surface area (TPSA) is 79.0 Å². The Bertz CT molecular complexity index is 782. The number of aryl methyl sites for hydroxylation is 1. The fourth-order valence-electron chi connectivity index (χ4n) is 4.15. The number of piperidine rings is 1. The van der Waals surface area contributed by atoms with Crippen molar-refractivity contribution in [1.82, 2.24) is 15.1 Å². The summed E-state index contributed by atoms with van der Waals surface area (Å²) in [6, 6.07) is 6.71. The van der Waals surface area contributed by atoms with Crippen molar-refractivity contribution in [3.63, 3.8) is 0 Å². The van der Waals surface area contributed by atoms with Gasteiger partial charge in [-0.3, -0.25) is 19.3 Å². The molecule has 0 aliphatic carbocycles. The molecule has 2 fully saturated rings. The largest absolute Gasteiger partial charge is 0.354 e. The van der Waals surface area contributed by atoms with E-state index in [1.165, 1.54) is 0 Å². The summed E-state index contributed by atoms with van der Waals surface area (Å²) in [6.45, 7) is 9.63. The van der Waals surface area contributed by atoms with Crippen molar-refractivity contribution in [3.05, 3.63) is 35.4 Å². The molecule has 30 heavy (non-hydrogen) atoms. The number of carbonyl (C=O) groups excluding carboxylic acids is 3. The second-order valence-electron chi connectivity index (χ2n) is 8.69. The predicted molar refractivity (Wildman–Crippen MR) is 114 cm³/mol. The second-order valence-corrected chi connectivity index (χ2v) is 8.69. The number of ether oxygens (including phenoxy) is 1. The minimum Gasteiger partial charge on any atom is -0.354 e. The maximum absolute atomic E-state index is 13.5. The first-order valence-corrected chi connectivity index (χ1v) is 10.9. The molecular weight excluding hydrogens is 382 g/mol. The van der Waals surface area contributed by atoms with Crippen LogP contribution in [0.4, 0.5) is 0 Å². The van der Waals surface area contributed by atoms with Crippen LogP contribution < -0.4 is 5.32 Å². The average molecular weight is 416 g/mol. The molecule has 0 saturated carbocycles. The van der Waals surface area contributed by atoms with Crippen LogP contribution in [-0.4, -0.2) is 65.5 Å². The van der Waals surface area contributed by atoms with Crippen LogP contribution in [0.2, 0.25) is 0 Å². The molecule has 2 aliphatic rings. The minimum absolute atomic E-state index is 0.102. The van der Waals surface area contributed by atoms with Gasteiger partial charge in [-0.25, -0.2) is 0 Å². The summed E-state index contributed by atoms with van der Waals surface area (Å²) in [5.74, 6) is 0.0285. The summed E-state index contributed by atoms with van der Waals surface area (Å²) < 4.78 is 6.17. The van der Waals surface area contributed by atoms with Gasteiger partial charge in [-0.05, 0) is 25.0 Å². The van der Waals surface area contributed by atoms with Crippen molar-refractivity contribution in [1.29, 1.82) is 0 Å². The van der Waals surface area contributed by atoms with E-state index >= 15 is 0 Å². The third kappa shape index (κ3) is 4.51. The van der Waals surface area contributed by atoms with Crippen LogP contribution >= 0.6 is 0 Å². The molecule has 1 aromatic carbocycles. The van der Waals surface area contributed by atoms with Crippen LogP contribution in [0, 0.1) is 12.8 Å². The van der Waals surface area contributed by atoms with Crippen molar-refractivity contribution in [2.45, 2.75) is 58.7 Å². The van der Waals surface area contributed by atoms with E-state index in [0.29, 0.717) is 50.4 Å². The Kier molecular flexibility index (Phi) is 6.81. The number of benzene rings is 1. The molecule has 2 aliphatic heterocycles. The van der Waals surface area contributed by atoms with Gasteiger partial charge in [-0.1, -0.05) is 38.5 Å². The number of hydrogen-bond acceptors (Lipinski definition) is 4. The Balaban J connectivity index is 1.86. The monoisotopic (exact) mass is 415 g/mol. The number of hydrogen-bond donors (Lipinski definition) is 1. The Morgan fingerprint density at radius 2 is 1.80 bits per heavy atom. The minimum atomic E-state index is -0.855. The quantitative estimate of drug-likeness (QED) is 0.801. The molecule has 0 radical (unpaired) electrons. The molecule has 1 aromatic rings. The van der Waals surface area contributed by atoms with E-state index in [9.17, 15) is 14.4 Å². The zero-order valence-corrected chi connectivity index (χ0v) is 18.4. The maximum atomic E-state index is 13.5. The van der Waals surface area contributed by atoms with E-state index < -0.39 is 11.8 Å². The molecule has 7 nitrogen and oxygen atoms in total. The Labute approximate surface area is 178 Å². The first kappa shape index (κ1) is 22.3. The second kappa shape index (κ2) is 9.16. The average Bonchev–Trinajstić information content (AvgIpc) is 3.10. The molecule has 0 aromatic heterocycles. The van der Waals surface area contributed by atoms with Crippen molar-refractivity contribution in [2.24, 2.45) is 5.92 Å². The number of nitrogens with zero attached hydrogens (tertiary/aromatic N) is 2. The highest BCUT2D eigenvalue weighted by atomic mass is 16.5. The fraction of sp³-hybridized carbons (Fsp3) is 0.609. The number of rotatable bonds is 5. The Hall–Kier alpha value is -2.41.